The number of hydrogen-bond donors (Lipinski definition) is 1. The number of nitrogens with zero attached hydrogens (tertiary/aromatic N) is 1. The van der Waals surface area contributed by atoms with Crippen LogP contribution in [0.1, 0.15) is 26.2 Å². The Morgan fingerprint density at radius 1 is 1.40 bits per heavy atom. The second-order valence-electron chi connectivity index (χ2n) is 4.88. The van der Waals surface area contributed by atoms with E-state index in [4.69, 9.17) is 4.74 Å². The third-order valence-corrected chi connectivity index (χ3v) is 2.96. The molecule has 1 atom stereocenters. The fourth-order valence-corrected chi connectivity index (χ4v) is 1.67. The lowest BCUT2D eigenvalue weighted by Gasteiger charge is -2.19. The summed E-state index contributed by atoms with van der Waals surface area (Å²) in [4.78, 5) is 2.40. The Hall–Kier alpha value is -0.120. The Morgan fingerprint density at radius 3 is 2.73 bits per heavy atom. The summed E-state index contributed by atoms with van der Waals surface area (Å²) >= 11 is 0. The van der Waals surface area contributed by atoms with Crippen molar-refractivity contribution in [2.75, 3.05) is 40.4 Å². The van der Waals surface area contributed by atoms with Gasteiger partial charge in [0.25, 0.3) is 0 Å². The van der Waals surface area contributed by atoms with Crippen molar-refractivity contribution in [3.8, 4) is 0 Å². The summed E-state index contributed by atoms with van der Waals surface area (Å²) in [5, 5.41) is 3.53. The minimum Gasteiger partial charge on any atom is -0.384 e. The van der Waals surface area contributed by atoms with Gasteiger partial charge in [0.2, 0.25) is 0 Å². The summed E-state index contributed by atoms with van der Waals surface area (Å²) in [7, 11) is 3.98. The van der Waals surface area contributed by atoms with Crippen LogP contribution in [-0.4, -0.2) is 51.3 Å². The van der Waals surface area contributed by atoms with E-state index in [2.05, 4.69) is 24.2 Å². The Balaban J connectivity index is 1.89. The van der Waals surface area contributed by atoms with E-state index in [0.717, 1.165) is 25.7 Å². The van der Waals surface area contributed by atoms with Gasteiger partial charge >= 0.3 is 0 Å². The van der Waals surface area contributed by atoms with Crippen LogP contribution in [0.25, 0.3) is 0 Å². The lowest BCUT2D eigenvalue weighted by atomic mass is 10.1. The molecule has 1 aliphatic rings. The Labute approximate surface area is 94.2 Å². The van der Waals surface area contributed by atoms with Crippen LogP contribution in [0.15, 0.2) is 0 Å². The summed E-state index contributed by atoms with van der Waals surface area (Å²) in [6.45, 7) is 6.61. The molecule has 1 aliphatic carbocycles. The zero-order valence-electron chi connectivity index (χ0n) is 10.5. The fourth-order valence-electron chi connectivity index (χ4n) is 1.67. The van der Waals surface area contributed by atoms with E-state index in [1.54, 1.807) is 7.11 Å². The largest absolute Gasteiger partial charge is 0.384 e. The van der Waals surface area contributed by atoms with Crippen LogP contribution in [0.2, 0.25) is 0 Å². The van der Waals surface area contributed by atoms with Gasteiger partial charge < -0.3 is 15.0 Å². The molecule has 0 bridgehead atoms. The molecule has 0 saturated heterocycles. The molecular weight excluding hydrogens is 188 g/mol. The minimum absolute atomic E-state index is 0.675. The highest BCUT2D eigenvalue weighted by atomic mass is 16.5. The summed E-state index contributed by atoms with van der Waals surface area (Å²) in [6, 6.07) is 0.839. The van der Waals surface area contributed by atoms with Crippen LogP contribution in [-0.2, 0) is 4.74 Å². The molecule has 1 rings (SSSR count). The van der Waals surface area contributed by atoms with Crippen LogP contribution in [0.4, 0.5) is 0 Å². The smallest absolute Gasteiger partial charge is 0.0488 e. The predicted molar refractivity (Wildman–Crippen MR) is 64.2 cm³/mol. The molecule has 0 spiro atoms. The summed E-state index contributed by atoms with van der Waals surface area (Å²) in [5.41, 5.74) is 0. The average molecular weight is 214 g/mol. The van der Waals surface area contributed by atoms with Crippen LogP contribution >= 0.6 is 0 Å². The molecule has 0 heterocycles. The minimum atomic E-state index is 0.675. The third kappa shape index (κ3) is 6.88. The number of likely N-dealkylation sites (N-methyl/N-ethyl adjacent to an activating group) is 1. The second-order valence-corrected chi connectivity index (χ2v) is 4.88. The van der Waals surface area contributed by atoms with E-state index in [-0.39, 0.29) is 0 Å². The number of methoxy groups -OCH3 is 1. The van der Waals surface area contributed by atoms with Crippen molar-refractivity contribution in [1.29, 1.82) is 0 Å². The van der Waals surface area contributed by atoms with Gasteiger partial charge in [-0.2, -0.15) is 0 Å². The van der Waals surface area contributed by atoms with Gasteiger partial charge in [0, 0.05) is 32.8 Å². The molecule has 0 aliphatic heterocycles. The van der Waals surface area contributed by atoms with Gasteiger partial charge in [-0.3, -0.25) is 0 Å². The first-order valence-electron chi connectivity index (χ1n) is 6.13. The number of rotatable bonds is 9. The standard InChI is InChI=1S/C12H26N2O/c1-11(10-15-3)6-8-14(2)9-7-13-12-4-5-12/h11-13H,4-10H2,1-3H3. The zero-order valence-corrected chi connectivity index (χ0v) is 10.5. The highest BCUT2D eigenvalue weighted by molar-refractivity contribution is 4.80. The summed E-state index contributed by atoms with van der Waals surface area (Å²) in [6.07, 6.45) is 4.00. The first-order chi connectivity index (χ1) is 7.22. The van der Waals surface area contributed by atoms with E-state index < -0.39 is 0 Å². The van der Waals surface area contributed by atoms with E-state index in [1.807, 2.05) is 0 Å². The Kier molecular flexibility index (Phi) is 6.22. The number of hydrogen-bond acceptors (Lipinski definition) is 3. The maximum Gasteiger partial charge on any atom is 0.0488 e. The molecule has 1 fully saturated rings. The van der Waals surface area contributed by atoms with E-state index in [1.165, 1.54) is 25.8 Å². The van der Waals surface area contributed by atoms with Crippen molar-refractivity contribution in [2.45, 2.75) is 32.2 Å². The third-order valence-electron chi connectivity index (χ3n) is 2.96. The lowest BCUT2D eigenvalue weighted by molar-refractivity contribution is 0.148. The van der Waals surface area contributed by atoms with E-state index >= 15 is 0 Å². The molecule has 3 heteroatoms. The Bertz CT molecular complexity index is 160. The van der Waals surface area contributed by atoms with Crippen LogP contribution in [0.5, 0.6) is 0 Å². The molecule has 0 amide bonds. The van der Waals surface area contributed by atoms with Gasteiger partial charge in [-0.25, -0.2) is 0 Å². The first kappa shape index (κ1) is 12.9. The van der Waals surface area contributed by atoms with Crippen molar-refractivity contribution < 1.29 is 4.74 Å². The van der Waals surface area contributed by atoms with E-state index in [0.29, 0.717) is 5.92 Å². The van der Waals surface area contributed by atoms with Crippen molar-refractivity contribution in [1.82, 2.24) is 10.2 Å². The molecule has 1 saturated carbocycles. The highest BCUT2D eigenvalue weighted by Gasteiger charge is 2.19. The van der Waals surface area contributed by atoms with E-state index in [9.17, 15) is 0 Å². The SMILES string of the molecule is COCC(C)CCN(C)CCNC1CC1. The molecular formula is C12H26N2O. The predicted octanol–water partition coefficient (Wildman–Crippen LogP) is 1.34. The molecule has 15 heavy (non-hydrogen) atoms. The molecule has 3 nitrogen and oxygen atoms in total. The number of ether oxygens (including phenoxy) is 1. The summed E-state index contributed by atoms with van der Waals surface area (Å²) < 4.78 is 5.13. The van der Waals surface area contributed by atoms with Crippen molar-refractivity contribution >= 4 is 0 Å². The lowest BCUT2D eigenvalue weighted by Crippen LogP contribution is -2.31. The molecule has 1 N–H and O–H groups in total. The van der Waals surface area contributed by atoms with Gasteiger partial charge in [0.05, 0.1) is 0 Å². The Morgan fingerprint density at radius 2 is 2.13 bits per heavy atom. The monoisotopic (exact) mass is 214 g/mol. The highest BCUT2D eigenvalue weighted by Crippen LogP contribution is 2.17. The van der Waals surface area contributed by atoms with Crippen LogP contribution < -0.4 is 5.32 Å². The number of nitrogens with one attached hydrogen (secondary N) is 1. The fraction of sp³-hybridized carbons (Fsp3) is 1.00. The zero-order chi connectivity index (χ0) is 11.1. The quantitative estimate of drug-likeness (QED) is 0.627. The van der Waals surface area contributed by atoms with Crippen molar-refractivity contribution in [3.63, 3.8) is 0 Å². The average Bonchev–Trinajstić information content (AvgIpc) is 2.99. The normalized spacial score (nSPS) is 18.4. The topological polar surface area (TPSA) is 24.5 Å². The molecule has 0 radical (unpaired) electrons. The molecule has 0 aromatic rings. The van der Waals surface area contributed by atoms with Crippen molar-refractivity contribution in [2.24, 2.45) is 5.92 Å². The maximum absolute atomic E-state index is 5.13. The van der Waals surface area contributed by atoms with Crippen LogP contribution in [0.3, 0.4) is 0 Å². The van der Waals surface area contributed by atoms with Crippen LogP contribution in [0, 0.1) is 5.92 Å². The second kappa shape index (κ2) is 7.20. The summed E-state index contributed by atoms with van der Waals surface area (Å²) in [5.74, 6) is 0.675. The van der Waals surface area contributed by atoms with Gasteiger partial charge in [0.1, 0.15) is 0 Å². The van der Waals surface area contributed by atoms with Gasteiger partial charge in [0.15, 0.2) is 0 Å². The first-order valence-corrected chi connectivity index (χ1v) is 6.13. The molecule has 1 unspecified atom stereocenters. The molecule has 0 aromatic heterocycles. The molecule has 0 aromatic carbocycles. The van der Waals surface area contributed by atoms with Gasteiger partial charge in [-0.05, 0) is 38.8 Å². The molecule has 90 valence electrons. The maximum atomic E-state index is 5.13. The van der Waals surface area contributed by atoms with Gasteiger partial charge in [-0.15, -0.1) is 0 Å². The van der Waals surface area contributed by atoms with Crippen molar-refractivity contribution in [3.05, 3.63) is 0 Å². The van der Waals surface area contributed by atoms with Gasteiger partial charge in [-0.1, -0.05) is 6.92 Å².